The number of amides is 1. The summed E-state index contributed by atoms with van der Waals surface area (Å²) in [5, 5.41) is 19.0. The van der Waals surface area contributed by atoms with Gasteiger partial charge >= 0.3 is 0 Å². The van der Waals surface area contributed by atoms with E-state index < -0.39 is 5.95 Å². The van der Waals surface area contributed by atoms with Crippen molar-refractivity contribution in [3.05, 3.63) is 76.1 Å². The van der Waals surface area contributed by atoms with Gasteiger partial charge in [-0.25, -0.2) is 4.98 Å². The average molecular weight is 544 g/mol. The number of aryl methyl sites for hydroxylation is 1. The van der Waals surface area contributed by atoms with Gasteiger partial charge in [-0.15, -0.1) is 0 Å². The number of aliphatic hydroxyl groups excluding tert-OH is 1. The van der Waals surface area contributed by atoms with E-state index in [9.17, 15) is 19.6 Å². The largest absolute Gasteiger partial charge is 0.492 e. The van der Waals surface area contributed by atoms with Crippen LogP contribution in [0.4, 0.5) is 4.39 Å². The fourth-order valence-electron chi connectivity index (χ4n) is 5.72. The van der Waals surface area contributed by atoms with Crippen LogP contribution >= 0.6 is 0 Å². The number of carbonyl (C=O) groups is 1. The van der Waals surface area contributed by atoms with E-state index in [1.54, 1.807) is 19.1 Å². The van der Waals surface area contributed by atoms with Gasteiger partial charge in [0.15, 0.2) is 0 Å². The molecule has 2 aliphatic rings. The third-order valence-corrected chi connectivity index (χ3v) is 8.11. The number of benzene rings is 1. The smallest absolute Gasteiger partial charge is 0.254 e. The first-order valence-electron chi connectivity index (χ1n) is 13.8. The number of hydrogen-bond acceptors (Lipinski definition) is 7. The highest BCUT2D eigenvalue weighted by Crippen LogP contribution is 2.36. The molecule has 1 saturated heterocycles. The SMILES string of the molecule is CCOc1cc(C(C)N2CCc3c(cc(CCN4CC[C@H]4CO)cc3-c3ccc(F)nc3C)C2=O)ncc1C#N. The number of nitriles is 1. The number of rotatable bonds is 9. The Balaban J connectivity index is 1.50. The number of likely N-dealkylation sites (tertiary alicyclic amines) is 1. The molecular weight excluding hydrogens is 509 g/mol. The van der Waals surface area contributed by atoms with Gasteiger partial charge in [-0.05, 0) is 74.9 Å². The number of nitrogens with zero attached hydrogens (tertiary/aromatic N) is 5. The molecular formula is C31H34FN5O3. The Morgan fingerprint density at radius 2 is 2.02 bits per heavy atom. The lowest BCUT2D eigenvalue weighted by molar-refractivity contribution is 0.0436. The van der Waals surface area contributed by atoms with Crippen LogP contribution in [-0.2, 0) is 12.8 Å². The molecule has 4 heterocycles. The molecule has 40 heavy (non-hydrogen) atoms. The topological polar surface area (TPSA) is 103 Å². The van der Waals surface area contributed by atoms with Gasteiger partial charge in [-0.1, -0.05) is 6.07 Å². The summed E-state index contributed by atoms with van der Waals surface area (Å²) in [6.45, 7) is 8.38. The molecule has 1 aromatic carbocycles. The lowest BCUT2D eigenvalue weighted by atomic mass is 9.86. The Hall–Kier alpha value is -3.87. The minimum atomic E-state index is -0.531. The normalized spacial score (nSPS) is 17.6. The van der Waals surface area contributed by atoms with E-state index in [4.69, 9.17) is 4.74 Å². The summed E-state index contributed by atoms with van der Waals surface area (Å²) in [6, 6.07) is 10.9. The van der Waals surface area contributed by atoms with Gasteiger partial charge in [0.1, 0.15) is 17.4 Å². The third kappa shape index (κ3) is 5.29. The van der Waals surface area contributed by atoms with Crippen molar-refractivity contribution in [2.45, 2.75) is 52.1 Å². The van der Waals surface area contributed by atoms with Gasteiger partial charge in [0.25, 0.3) is 5.91 Å². The number of ether oxygens (including phenoxy) is 1. The van der Waals surface area contributed by atoms with Crippen LogP contribution in [0.3, 0.4) is 0 Å². The summed E-state index contributed by atoms with van der Waals surface area (Å²) >= 11 is 0. The second-order valence-electron chi connectivity index (χ2n) is 10.4. The molecule has 3 aromatic rings. The van der Waals surface area contributed by atoms with Crippen molar-refractivity contribution in [1.82, 2.24) is 19.8 Å². The van der Waals surface area contributed by atoms with E-state index in [1.165, 1.54) is 12.3 Å². The van der Waals surface area contributed by atoms with Crippen molar-refractivity contribution < 1.29 is 19.0 Å². The van der Waals surface area contributed by atoms with Crippen molar-refractivity contribution >= 4 is 5.91 Å². The number of aliphatic hydroxyl groups is 1. The molecule has 208 valence electrons. The number of carbonyl (C=O) groups excluding carboxylic acids is 1. The Labute approximate surface area is 234 Å². The monoisotopic (exact) mass is 543 g/mol. The van der Waals surface area contributed by atoms with Gasteiger partial charge < -0.3 is 14.7 Å². The molecule has 9 heteroatoms. The third-order valence-electron chi connectivity index (χ3n) is 8.11. The highest BCUT2D eigenvalue weighted by molar-refractivity contribution is 5.99. The summed E-state index contributed by atoms with van der Waals surface area (Å²) in [6.07, 6.45) is 3.84. The minimum absolute atomic E-state index is 0.0918. The first kappa shape index (κ1) is 27.7. The Morgan fingerprint density at radius 1 is 1.23 bits per heavy atom. The van der Waals surface area contributed by atoms with Gasteiger partial charge in [0, 0.05) is 54.8 Å². The quantitative estimate of drug-likeness (QED) is 0.403. The molecule has 0 bridgehead atoms. The van der Waals surface area contributed by atoms with E-state index in [-0.39, 0.29) is 24.6 Å². The van der Waals surface area contributed by atoms with Crippen molar-refractivity contribution in [3.63, 3.8) is 0 Å². The maximum Gasteiger partial charge on any atom is 0.254 e. The zero-order chi connectivity index (χ0) is 28.4. The molecule has 2 aromatic heterocycles. The van der Waals surface area contributed by atoms with Crippen LogP contribution < -0.4 is 4.74 Å². The molecule has 2 aliphatic heterocycles. The van der Waals surface area contributed by atoms with Gasteiger partial charge in [-0.2, -0.15) is 9.65 Å². The van der Waals surface area contributed by atoms with E-state index in [0.29, 0.717) is 47.8 Å². The van der Waals surface area contributed by atoms with E-state index in [0.717, 1.165) is 48.2 Å². The van der Waals surface area contributed by atoms with Crippen LogP contribution in [0, 0.1) is 24.2 Å². The summed E-state index contributed by atoms with van der Waals surface area (Å²) in [7, 11) is 0. The van der Waals surface area contributed by atoms with Crippen molar-refractivity contribution in [2.75, 3.05) is 32.8 Å². The van der Waals surface area contributed by atoms with Crippen LogP contribution in [0.2, 0.25) is 0 Å². The Kier molecular flexibility index (Phi) is 8.10. The standard InChI is InChI=1S/C31H34FN5O3/c1-4-40-29-15-28(34-17-22(29)16-33)20(3)37-12-9-25-26(24-5-6-30(32)35-19(24)2)13-21(14-27(25)31(37)39)7-10-36-11-8-23(36)18-38/h5-6,13-15,17,20,23,38H,4,7-12,18H2,1-3H3/t20?,23-/m0/s1. The first-order chi connectivity index (χ1) is 19.3. The fourth-order valence-corrected chi connectivity index (χ4v) is 5.72. The van der Waals surface area contributed by atoms with E-state index >= 15 is 0 Å². The molecule has 2 atom stereocenters. The average Bonchev–Trinajstić information content (AvgIpc) is 2.93. The number of pyridine rings is 2. The molecule has 0 aliphatic carbocycles. The van der Waals surface area contributed by atoms with Crippen LogP contribution in [0.25, 0.3) is 11.1 Å². The highest BCUT2D eigenvalue weighted by Gasteiger charge is 2.32. The zero-order valence-corrected chi connectivity index (χ0v) is 23.2. The van der Waals surface area contributed by atoms with E-state index in [1.807, 2.05) is 24.8 Å². The lowest BCUT2D eigenvalue weighted by Crippen LogP contribution is -2.50. The summed E-state index contributed by atoms with van der Waals surface area (Å²) in [4.78, 5) is 26.6. The Morgan fingerprint density at radius 3 is 2.70 bits per heavy atom. The molecule has 0 radical (unpaired) electrons. The van der Waals surface area contributed by atoms with Gasteiger partial charge in [0.2, 0.25) is 5.95 Å². The van der Waals surface area contributed by atoms with Gasteiger partial charge in [-0.3, -0.25) is 14.7 Å². The van der Waals surface area contributed by atoms with Crippen LogP contribution in [0.15, 0.2) is 36.5 Å². The summed E-state index contributed by atoms with van der Waals surface area (Å²) in [5.41, 5.74) is 5.91. The second kappa shape index (κ2) is 11.7. The highest BCUT2D eigenvalue weighted by atomic mass is 19.1. The molecule has 0 spiro atoms. The molecule has 0 saturated carbocycles. The van der Waals surface area contributed by atoms with Crippen LogP contribution in [0.5, 0.6) is 5.75 Å². The number of hydrogen-bond donors (Lipinski definition) is 1. The van der Waals surface area contributed by atoms with Gasteiger partial charge in [0.05, 0.1) is 24.9 Å². The molecule has 1 unspecified atom stereocenters. The molecule has 1 amide bonds. The fraction of sp³-hybridized carbons (Fsp3) is 0.419. The number of aromatic nitrogens is 2. The second-order valence-corrected chi connectivity index (χ2v) is 10.4. The molecule has 5 rings (SSSR count). The number of fused-ring (bicyclic) bond motifs is 1. The zero-order valence-electron chi connectivity index (χ0n) is 23.2. The van der Waals surface area contributed by atoms with E-state index in [2.05, 4.69) is 27.0 Å². The molecule has 1 fully saturated rings. The maximum absolute atomic E-state index is 14.0. The Bertz CT molecular complexity index is 1470. The molecule has 1 N–H and O–H groups in total. The van der Waals surface area contributed by atoms with Crippen LogP contribution in [0.1, 0.15) is 64.7 Å². The summed E-state index contributed by atoms with van der Waals surface area (Å²) < 4.78 is 19.5. The number of halogens is 1. The van der Waals surface area contributed by atoms with Crippen LogP contribution in [-0.4, -0.2) is 69.7 Å². The van der Waals surface area contributed by atoms with Crippen molar-refractivity contribution in [1.29, 1.82) is 5.26 Å². The predicted molar refractivity (Wildman–Crippen MR) is 148 cm³/mol. The predicted octanol–water partition coefficient (Wildman–Crippen LogP) is 4.23. The summed E-state index contributed by atoms with van der Waals surface area (Å²) in [5.74, 6) is -0.162. The minimum Gasteiger partial charge on any atom is -0.492 e. The maximum atomic E-state index is 14.0. The molecule has 8 nitrogen and oxygen atoms in total. The lowest BCUT2D eigenvalue weighted by Gasteiger charge is -2.40. The van der Waals surface area contributed by atoms with Crippen molar-refractivity contribution in [2.24, 2.45) is 0 Å². The first-order valence-corrected chi connectivity index (χ1v) is 13.8. The van der Waals surface area contributed by atoms with Crippen molar-refractivity contribution in [3.8, 4) is 22.9 Å².